The van der Waals surface area contributed by atoms with Gasteiger partial charge in [-0.3, -0.25) is 4.79 Å². The average Bonchev–Trinajstić information content (AvgIpc) is 2.85. The van der Waals surface area contributed by atoms with Crippen LogP contribution in [0.15, 0.2) is 46.0 Å². The quantitative estimate of drug-likeness (QED) is 0.513. The van der Waals surface area contributed by atoms with Crippen LogP contribution in [-0.2, 0) is 0 Å². The Morgan fingerprint density at radius 3 is 2.47 bits per heavy atom. The minimum absolute atomic E-state index is 0.141. The minimum atomic E-state index is -0.382. The molecule has 0 atom stereocenters. The molecule has 5 nitrogen and oxygen atoms in total. The summed E-state index contributed by atoms with van der Waals surface area (Å²) in [5.41, 5.74) is 1.87. The number of carbonyl (C=O) groups excluding carboxylic acids is 1. The molecule has 0 saturated carbocycles. The number of hydrogen-bond donors (Lipinski definition) is 2. The van der Waals surface area contributed by atoms with Crippen LogP contribution >= 0.6 is 11.6 Å². The lowest BCUT2D eigenvalue weighted by atomic mass is 10.1. The average molecular weight is 279 g/mol. The van der Waals surface area contributed by atoms with Crippen LogP contribution in [0.5, 0.6) is 0 Å². The van der Waals surface area contributed by atoms with Gasteiger partial charge in [-0.05, 0) is 48.4 Å². The fourth-order valence-electron chi connectivity index (χ4n) is 1.48. The van der Waals surface area contributed by atoms with E-state index >= 15 is 0 Å². The van der Waals surface area contributed by atoms with E-state index in [1.54, 1.807) is 31.2 Å². The maximum atomic E-state index is 11.8. The summed E-state index contributed by atoms with van der Waals surface area (Å²) in [6.45, 7) is 1.68. The lowest BCUT2D eigenvalue weighted by Gasteiger charge is -2.04. The molecule has 2 rings (SSSR count). The number of carbonyl (C=O) groups is 1. The molecule has 0 spiro atoms. The molecule has 1 heterocycles. The van der Waals surface area contributed by atoms with Crippen LogP contribution in [0.2, 0.25) is 5.22 Å². The van der Waals surface area contributed by atoms with E-state index in [9.17, 15) is 4.79 Å². The highest BCUT2D eigenvalue weighted by atomic mass is 35.5. The zero-order valence-electron chi connectivity index (χ0n) is 10.1. The van der Waals surface area contributed by atoms with E-state index in [2.05, 4.69) is 10.5 Å². The second kappa shape index (κ2) is 5.58. The van der Waals surface area contributed by atoms with Crippen molar-refractivity contribution in [3.8, 4) is 0 Å². The van der Waals surface area contributed by atoms with Crippen molar-refractivity contribution in [3.63, 3.8) is 0 Å². The van der Waals surface area contributed by atoms with Crippen molar-refractivity contribution in [2.45, 2.75) is 6.92 Å². The highest BCUT2D eigenvalue weighted by Crippen LogP contribution is 2.16. The van der Waals surface area contributed by atoms with E-state index in [1.807, 2.05) is 0 Å². The van der Waals surface area contributed by atoms with Gasteiger partial charge in [0.1, 0.15) is 0 Å². The molecular weight excluding hydrogens is 268 g/mol. The van der Waals surface area contributed by atoms with Crippen molar-refractivity contribution in [2.75, 3.05) is 5.32 Å². The second-order valence-corrected chi connectivity index (χ2v) is 4.19. The minimum Gasteiger partial charge on any atom is -0.440 e. The molecule has 0 saturated heterocycles. The summed E-state index contributed by atoms with van der Waals surface area (Å²) in [6, 6.07) is 9.87. The monoisotopic (exact) mass is 278 g/mol. The Bertz CT molecular complexity index is 617. The molecule has 0 radical (unpaired) electrons. The first kappa shape index (κ1) is 13.2. The predicted octanol–water partition coefficient (Wildman–Crippen LogP) is 3.38. The van der Waals surface area contributed by atoms with E-state index in [0.29, 0.717) is 11.4 Å². The van der Waals surface area contributed by atoms with Crippen molar-refractivity contribution in [3.05, 3.63) is 52.9 Å². The first-order valence-corrected chi connectivity index (χ1v) is 5.83. The lowest BCUT2D eigenvalue weighted by molar-refractivity contribution is 0.0997. The van der Waals surface area contributed by atoms with Gasteiger partial charge in [0.2, 0.25) is 0 Å². The third kappa shape index (κ3) is 3.14. The Morgan fingerprint density at radius 2 is 1.95 bits per heavy atom. The van der Waals surface area contributed by atoms with Gasteiger partial charge in [0.25, 0.3) is 5.91 Å². The van der Waals surface area contributed by atoms with E-state index in [0.717, 1.165) is 5.56 Å². The van der Waals surface area contributed by atoms with Gasteiger partial charge in [-0.2, -0.15) is 0 Å². The number of rotatable bonds is 3. The molecule has 0 aliphatic heterocycles. The number of halogens is 1. The van der Waals surface area contributed by atoms with Gasteiger partial charge in [0.05, 0.1) is 5.71 Å². The van der Waals surface area contributed by atoms with Gasteiger partial charge < -0.3 is 14.9 Å². The van der Waals surface area contributed by atoms with Gasteiger partial charge in [-0.25, -0.2) is 0 Å². The smallest absolute Gasteiger partial charge is 0.291 e. The van der Waals surface area contributed by atoms with Crippen LogP contribution < -0.4 is 5.32 Å². The van der Waals surface area contributed by atoms with Crippen LogP contribution in [0, 0.1) is 0 Å². The fraction of sp³-hybridized carbons (Fsp3) is 0.0769. The molecule has 0 bridgehead atoms. The number of nitrogens with one attached hydrogen (secondary N) is 1. The van der Waals surface area contributed by atoms with E-state index < -0.39 is 0 Å². The topological polar surface area (TPSA) is 74.8 Å². The highest BCUT2D eigenvalue weighted by molar-refractivity contribution is 6.29. The molecule has 1 amide bonds. The van der Waals surface area contributed by atoms with Crippen molar-refractivity contribution >= 4 is 28.9 Å². The predicted molar refractivity (Wildman–Crippen MR) is 72.1 cm³/mol. The normalized spacial score (nSPS) is 11.4. The number of nitrogens with zero attached hydrogens (tertiary/aromatic N) is 1. The number of furan rings is 1. The molecule has 2 N–H and O–H groups in total. The summed E-state index contributed by atoms with van der Waals surface area (Å²) < 4.78 is 5.00. The number of amides is 1. The standard InChI is InChI=1S/C13H11ClN2O3/c1-8(16-18)9-2-4-10(5-3-9)15-13(17)11-6-7-12(14)19-11/h2-7,18H,1H3,(H,15,17)/b16-8-. The van der Waals surface area contributed by atoms with Gasteiger partial charge in [0.15, 0.2) is 11.0 Å². The summed E-state index contributed by atoms with van der Waals surface area (Å²) >= 11 is 5.60. The molecule has 0 aliphatic carbocycles. The van der Waals surface area contributed by atoms with E-state index in [1.165, 1.54) is 12.1 Å². The molecule has 98 valence electrons. The molecule has 1 aromatic heterocycles. The first-order chi connectivity index (χ1) is 9.10. The van der Waals surface area contributed by atoms with Gasteiger partial charge >= 0.3 is 0 Å². The van der Waals surface area contributed by atoms with Crippen molar-refractivity contribution in [2.24, 2.45) is 5.16 Å². The molecule has 2 aromatic rings. The Labute approximate surface area is 114 Å². The number of anilines is 1. The highest BCUT2D eigenvalue weighted by Gasteiger charge is 2.10. The summed E-state index contributed by atoms with van der Waals surface area (Å²) in [4.78, 5) is 11.8. The van der Waals surface area contributed by atoms with Crippen molar-refractivity contribution in [1.82, 2.24) is 0 Å². The molecular formula is C13H11ClN2O3. The zero-order chi connectivity index (χ0) is 13.8. The molecule has 0 aliphatic rings. The number of benzene rings is 1. The molecule has 1 aromatic carbocycles. The summed E-state index contributed by atoms with van der Waals surface area (Å²) in [6.07, 6.45) is 0. The Morgan fingerprint density at radius 1 is 1.26 bits per heavy atom. The van der Waals surface area contributed by atoms with E-state index in [-0.39, 0.29) is 16.9 Å². The molecule has 0 unspecified atom stereocenters. The Kier molecular flexibility index (Phi) is 3.87. The van der Waals surface area contributed by atoms with Crippen LogP contribution in [0.4, 0.5) is 5.69 Å². The summed E-state index contributed by atoms with van der Waals surface area (Å²) in [5, 5.41) is 14.6. The van der Waals surface area contributed by atoms with E-state index in [4.69, 9.17) is 21.2 Å². The van der Waals surface area contributed by atoms with Gasteiger partial charge in [0, 0.05) is 5.69 Å². The van der Waals surface area contributed by atoms with Crippen LogP contribution in [0.25, 0.3) is 0 Å². The van der Waals surface area contributed by atoms with Gasteiger partial charge in [-0.1, -0.05) is 17.3 Å². The molecule has 6 heteroatoms. The Hall–Kier alpha value is -2.27. The third-order valence-corrected chi connectivity index (χ3v) is 2.71. The summed E-state index contributed by atoms with van der Waals surface area (Å²) in [5.74, 6) is -0.241. The Balaban J connectivity index is 2.10. The zero-order valence-corrected chi connectivity index (χ0v) is 10.8. The first-order valence-electron chi connectivity index (χ1n) is 5.46. The molecule has 19 heavy (non-hydrogen) atoms. The maximum Gasteiger partial charge on any atom is 0.291 e. The molecule has 0 fully saturated rings. The van der Waals surface area contributed by atoms with Gasteiger partial charge in [-0.15, -0.1) is 0 Å². The third-order valence-electron chi connectivity index (χ3n) is 2.51. The SMILES string of the molecule is C/C(=N/O)c1ccc(NC(=O)c2ccc(Cl)o2)cc1. The summed E-state index contributed by atoms with van der Waals surface area (Å²) in [7, 11) is 0. The van der Waals surface area contributed by atoms with Crippen LogP contribution in [-0.4, -0.2) is 16.8 Å². The van der Waals surface area contributed by atoms with Crippen molar-refractivity contribution < 1.29 is 14.4 Å². The largest absolute Gasteiger partial charge is 0.440 e. The fourth-order valence-corrected chi connectivity index (χ4v) is 1.63. The van der Waals surface area contributed by atoms with Crippen LogP contribution in [0.3, 0.4) is 0 Å². The number of oxime groups is 1. The second-order valence-electron chi connectivity index (χ2n) is 3.82. The van der Waals surface area contributed by atoms with Crippen molar-refractivity contribution in [1.29, 1.82) is 0 Å². The van der Waals surface area contributed by atoms with Crippen LogP contribution in [0.1, 0.15) is 23.0 Å². The number of hydrogen-bond acceptors (Lipinski definition) is 4. The maximum absolute atomic E-state index is 11.8. The lowest BCUT2D eigenvalue weighted by Crippen LogP contribution is -2.10.